The van der Waals surface area contributed by atoms with Crippen molar-refractivity contribution in [2.45, 2.75) is 46.0 Å². The van der Waals surface area contributed by atoms with E-state index in [1.807, 2.05) is 12.3 Å². The quantitative estimate of drug-likeness (QED) is 0.634. The predicted octanol–water partition coefficient (Wildman–Crippen LogP) is 5.44. The lowest BCUT2D eigenvalue weighted by molar-refractivity contribution is 0.493. The summed E-state index contributed by atoms with van der Waals surface area (Å²) in [6, 6.07) is 13.1. The van der Waals surface area contributed by atoms with Gasteiger partial charge in [0.1, 0.15) is 0 Å². The van der Waals surface area contributed by atoms with Crippen LogP contribution in [-0.2, 0) is 6.42 Å². The Balaban J connectivity index is 1.88. The number of hydrogen-bond donors (Lipinski definition) is 1. The topological polar surface area (TPSA) is 15.8 Å². The molecular formula is C18H25N. The van der Waals surface area contributed by atoms with Crippen molar-refractivity contribution >= 4 is 0 Å². The van der Waals surface area contributed by atoms with Crippen LogP contribution >= 0.6 is 0 Å². The van der Waals surface area contributed by atoms with Crippen molar-refractivity contribution in [3.63, 3.8) is 0 Å². The Morgan fingerprint density at radius 1 is 1.05 bits per heavy atom. The molecule has 0 aliphatic rings. The number of rotatable bonds is 7. The van der Waals surface area contributed by atoms with Gasteiger partial charge in [-0.1, -0.05) is 63.8 Å². The lowest BCUT2D eigenvalue weighted by atomic mass is 9.95. The first kappa shape index (κ1) is 13.9. The number of aromatic nitrogens is 1. The minimum absolute atomic E-state index is 0.794. The molecule has 1 unspecified atom stereocenters. The number of hydrogen-bond acceptors (Lipinski definition) is 0. The summed E-state index contributed by atoms with van der Waals surface area (Å²) in [5, 5.41) is 0. The first-order valence-corrected chi connectivity index (χ1v) is 7.52. The monoisotopic (exact) mass is 255 g/mol. The Kier molecular flexibility index (Phi) is 5.26. The number of unbranched alkanes of at least 4 members (excludes halogenated alkanes) is 2. The molecule has 1 heterocycles. The molecule has 0 aliphatic heterocycles. The summed E-state index contributed by atoms with van der Waals surface area (Å²) in [5.74, 6) is 0.794. The summed E-state index contributed by atoms with van der Waals surface area (Å²) in [6.45, 7) is 4.64. The molecule has 1 atom stereocenters. The molecule has 2 aromatic rings. The van der Waals surface area contributed by atoms with Crippen molar-refractivity contribution in [3.05, 3.63) is 48.2 Å². The van der Waals surface area contributed by atoms with E-state index in [1.54, 1.807) is 0 Å². The smallest absolute Gasteiger partial charge is 0.0453 e. The second-order valence-electron chi connectivity index (χ2n) is 5.59. The Hall–Kier alpha value is -1.50. The summed E-state index contributed by atoms with van der Waals surface area (Å²) in [6.07, 6.45) is 8.59. The van der Waals surface area contributed by atoms with Crippen molar-refractivity contribution in [3.8, 4) is 11.3 Å². The minimum atomic E-state index is 0.794. The summed E-state index contributed by atoms with van der Waals surface area (Å²) in [7, 11) is 0. The summed E-state index contributed by atoms with van der Waals surface area (Å²) in [4.78, 5) is 3.25. The normalized spacial score (nSPS) is 12.5. The van der Waals surface area contributed by atoms with Crippen LogP contribution in [0.15, 0.2) is 42.6 Å². The SMILES string of the molecule is CCCCCC(C)Cc1ccc(-c2ccc[nH]2)cc1. The van der Waals surface area contributed by atoms with Gasteiger partial charge in [-0.05, 0) is 35.6 Å². The number of H-pyrrole nitrogens is 1. The molecule has 1 N–H and O–H groups in total. The molecule has 0 saturated heterocycles. The predicted molar refractivity (Wildman–Crippen MR) is 83.2 cm³/mol. The fourth-order valence-corrected chi connectivity index (χ4v) is 2.58. The molecule has 19 heavy (non-hydrogen) atoms. The van der Waals surface area contributed by atoms with E-state index in [-0.39, 0.29) is 0 Å². The second-order valence-corrected chi connectivity index (χ2v) is 5.59. The van der Waals surface area contributed by atoms with Crippen LogP contribution in [0.1, 0.15) is 45.1 Å². The largest absolute Gasteiger partial charge is 0.361 e. The third-order valence-electron chi connectivity index (χ3n) is 3.75. The van der Waals surface area contributed by atoms with Gasteiger partial charge in [0.05, 0.1) is 0 Å². The molecule has 0 fully saturated rings. The Labute approximate surface area is 117 Å². The van der Waals surface area contributed by atoms with E-state index in [0.29, 0.717) is 0 Å². The van der Waals surface area contributed by atoms with Gasteiger partial charge in [-0.3, -0.25) is 0 Å². The highest BCUT2D eigenvalue weighted by Crippen LogP contribution is 2.20. The maximum Gasteiger partial charge on any atom is 0.0453 e. The molecule has 2 rings (SSSR count). The molecule has 1 aromatic carbocycles. The van der Waals surface area contributed by atoms with Gasteiger partial charge in [-0.25, -0.2) is 0 Å². The van der Waals surface area contributed by atoms with Crippen LogP contribution < -0.4 is 0 Å². The number of aromatic amines is 1. The van der Waals surface area contributed by atoms with Gasteiger partial charge in [0.2, 0.25) is 0 Å². The molecular weight excluding hydrogens is 230 g/mol. The molecule has 0 bridgehead atoms. The van der Waals surface area contributed by atoms with Gasteiger partial charge in [-0.15, -0.1) is 0 Å². The summed E-state index contributed by atoms with van der Waals surface area (Å²) < 4.78 is 0. The number of benzene rings is 1. The average molecular weight is 255 g/mol. The van der Waals surface area contributed by atoms with Crippen molar-refractivity contribution in [2.24, 2.45) is 5.92 Å². The van der Waals surface area contributed by atoms with Crippen molar-refractivity contribution in [2.75, 3.05) is 0 Å². The molecule has 102 valence electrons. The number of nitrogens with one attached hydrogen (secondary N) is 1. The Morgan fingerprint density at radius 2 is 1.84 bits per heavy atom. The van der Waals surface area contributed by atoms with Crippen molar-refractivity contribution < 1.29 is 0 Å². The minimum Gasteiger partial charge on any atom is -0.361 e. The van der Waals surface area contributed by atoms with E-state index in [0.717, 1.165) is 5.92 Å². The molecule has 1 nitrogen and oxygen atoms in total. The fraction of sp³-hybridized carbons (Fsp3) is 0.444. The van der Waals surface area contributed by atoms with Crippen LogP contribution in [0, 0.1) is 5.92 Å². The highest BCUT2D eigenvalue weighted by molar-refractivity contribution is 5.59. The van der Waals surface area contributed by atoms with Gasteiger partial charge in [0, 0.05) is 11.9 Å². The zero-order valence-electron chi connectivity index (χ0n) is 12.2. The highest BCUT2D eigenvalue weighted by Gasteiger charge is 2.04. The van der Waals surface area contributed by atoms with Crippen LogP contribution in [0.2, 0.25) is 0 Å². The van der Waals surface area contributed by atoms with Crippen LogP contribution in [0.25, 0.3) is 11.3 Å². The van der Waals surface area contributed by atoms with Crippen molar-refractivity contribution in [1.82, 2.24) is 4.98 Å². The molecule has 1 heteroatoms. The second kappa shape index (κ2) is 7.18. The van der Waals surface area contributed by atoms with E-state index in [1.165, 1.54) is 48.9 Å². The molecule has 0 saturated carbocycles. The molecule has 0 amide bonds. The Bertz CT molecular complexity index is 453. The maximum atomic E-state index is 3.25. The third kappa shape index (κ3) is 4.27. The van der Waals surface area contributed by atoms with E-state index >= 15 is 0 Å². The fourth-order valence-electron chi connectivity index (χ4n) is 2.58. The highest BCUT2D eigenvalue weighted by atomic mass is 14.7. The summed E-state index contributed by atoms with van der Waals surface area (Å²) in [5.41, 5.74) is 3.93. The zero-order chi connectivity index (χ0) is 13.5. The standard InChI is InChI=1S/C18H25N/c1-3-4-5-7-15(2)14-16-9-11-17(12-10-16)18-8-6-13-19-18/h6,8-13,15,19H,3-5,7,14H2,1-2H3. The zero-order valence-corrected chi connectivity index (χ0v) is 12.2. The molecule has 0 radical (unpaired) electrons. The van der Waals surface area contributed by atoms with E-state index < -0.39 is 0 Å². The van der Waals surface area contributed by atoms with Gasteiger partial charge >= 0.3 is 0 Å². The first-order chi connectivity index (χ1) is 9.29. The molecule has 0 aliphatic carbocycles. The van der Waals surface area contributed by atoms with E-state index in [4.69, 9.17) is 0 Å². The third-order valence-corrected chi connectivity index (χ3v) is 3.75. The lowest BCUT2D eigenvalue weighted by Crippen LogP contribution is -1.99. The van der Waals surface area contributed by atoms with Gasteiger partial charge in [0.25, 0.3) is 0 Å². The van der Waals surface area contributed by atoms with Crippen molar-refractivity contribution in [1.29, 1.82) is 0 Å². The lowest BCUT2D eigenvalue weighted by Gasteiger charge is -2.11. The van der Waals surface area contributed by atoms with E-state index in [2.05, 4.69) is 49.2 Å². The van der Waals surface area contributed by atoms with Gasteiger partial charge in [-0.2, -0.15) is 0 Å². The van der Waals surface area contributed by atoms with Gasteiger partial charge < -0.3 is 4.98 Å². The van der Waals surface area contributed by atoms with Crippen LogP contribution in [0.5, 0.6) is 0 Å². The van der Waals surface area contributed by atoms with Crippen LogP contribution in [-0.4, -0.2) is 4.98 Å². The maximum absolute atomic E-state index is 3.25. The Morgan fingerprint density at radius 3 is 2.47 bits per heavy atom. The molecule has 1 aromatic heterocycles. The average Bonchev–Trinajstić information content (AvgIpc) is 2.94. The summed E-state index contributed by atoms with van der Waals surface area (Å²) >= 11 is 0. The van der Waals surface area contributed by atoms with E-state index in [9.17, 15) is 0 Å². The van der Waals surface area contributed by atoms with Crippen LogP contribution in [0.4, 0.5) is 0 Å². The molecule has 0 spiro atoms. The first-order valence-electron chi connectivity index (χ1n) is 7.52. The van der Waals surface area contributed by atoms with Crippen LogP contribution in [0.3, 0.4) is 0 Å². The van der Waals surface area contributed by atoms with Gasteiger partial charge in [0.15, 0.2) is 0 Å².